The van der Waals surface area contributed by atoms with Gasteiger partial charge in [0.25, 0.3) is 0 Å². The summed E-state index contributed by atoms with van der Waals surface area (Å²) in [5, 5.41) is 4.11. The summed E-state index contributed by atoms with van der Waals surface area (Å²) in [5.74, 6) is 3.79. The number of hydrogen-bond acceptors (Lipinski definition) is 11. The Labute approximate surface area is 527 Å². The van der Waals surface area contributed by atoms with Gasteiger partial charge < -0.3 is 24.2 Å². The van der Waals surface area contributed by atoms with Crippen molar-refractivity contribution in [2.75, 3.05) is 45.9 Å². The van der Waals surface area contributed by atoms with Crippen molar-refractivity contribution in [3.8, 4) is 11.5 Å². The van der Waals surface area contributed by atoms with Crippen molar-refractivity contribution in [1.82, 2.24) is 9.99 Å². The maximum Gasteiger partial charge on any atom is 0.430 e. The molecule has 0 saturated heterocycles. The van der Waals surface area contributed by atoms with Crippen LogP contribution in [0.4, 0.5) is 0 Å². The molecular weight excluding hydrogens is 1540 g/mol. The van der Waals surface area contributed by atoms with Gasteiger partial charge in [-0.15, -0.1) is 23.5 Å². The molecule has 416 valence electrons. The molecule has 0 fully saturated rings. The second-order valence-electron chi connectivity index (χ2n) is 11.7. The molecule has 1 N–H and O–H groups in total. The minimum absolute atomic E-state index is 0. The first-order valence-corrected chi connectivity index (χ1v) is 57.9. The van der Waals surface area contributed by atoms with Crippen LogP contribution in [0.3, 0.4) is 0 Å². The number of methoxy groups -OCH3 is 2. The van der Waals surface area contributed by atoms with Gasteiger partial charge in [0.2, 0.25) is 11.2 Å². The normalized spacial score (nSPS) is 12.4. The fourth-order valence-corrected chi connectivity index (χ4v) is 69.4. The van der Waals surface area contributed by atoms with E-state index in [4.69, 9.17) is 45.8 Å². The summed E-state index contributed by atoms with van der Waals surface area (Å²) in [5.41, 5.74) is 3.80. The Bertz CT molecular complexity index is 3480. The van der Waals surface area contributed by atoms with Crippen molar-refractivity contribution in [2.24, 2.45) is 0 Å². The Kier molecular flexibility index (Phi) is 52.9. The molecule has 2 unspecified atom stereocenters. The van der Waals surface area contributed by atoms with Gasteiger partial charge in [-0.05, 0) is 66.6 Å². The fourth-order valence-electron chi connectivity index (χ4n) is 4.91. The highest BCUT2D eigenvalue weighted by atomic mass is 35.7. The van der Waals surface area contributed by atoms with Crippen LogP contribution in [-0.2, 0) is 262 Å². The number of fused-ring (bicyclic) bond motifs is 2. The summed E-state index contributed by atoms with van der Waals surface area (Å²) in [6.07, 6.45) is 0. The molecule has 0 radical (unpaired) electrons. The van der Waals surface area contributed by atoms with E-state index in [1.165, 1.54) is 45.8 Å². The summed E-state index contributed by atoms with van der Waals surface area (Å²) in [4.78, 5) is 11.4. The first kappa shape index (κ1) is 75.4. The summed E-state index contributed by atoms with van der Waals surface area (Å²) in [7, 11) is 41.0. The molecular formula is C35H45ClN2O6P2S28. The van der Waals surface area contributed by atoms with Crippen LogP contribution in [0.1, 0.15) is 24.1 Å². The van der Waals surface area contributed by atoms with Crippen LogP contribution in [0.5, 0.6) is 11.5 Å². The fraction of sp³-hybridized carbons (Fsp3) is 0.314. The predicted molar refractivity (Wildman–Crippen MR) is 393 cm³/mol. The first-order chi connectivity index (χ1) is 35.6. The molecule has 8 nitrogen and oxygen atoms in total. The van der Waals surface area contributed by atoms with Crippen LogP contribution < -0.4 is 25.0 Å². The van der Waals surface area contributed by atoms with Crippen LogP contribution in [0.25, 0.3) is 0 Å². The molecule has 4 aromatic rings. The minimum atomic E-state index is -3.06. The van der Waals surface area contributed by atoms with Crippen LogP contribution >= 0.6 is 49.7 Å². The largest absolute Gasteiger partial charge is 0.579 e. The van der Waals surface area contributed by atoms with Gasteiger partial charge in [-0.2, -0.15) is 0 Å². The number of benzene rings is 4. The van der Waals surface area contributed by atoms with E-state index in [-0.39, 0.29) is 7.43 Å². The van der Waals surface area contributed by atoms with Crippen molar-refractivity contribution in [3.63, 3.8) is 0 Å². The Hall–Kier alpha value is 3.36. The monoisotopic (exact) mass is 1580 g/mol. The molecule has 6 rings (SSSR count). The lowest BCUT2D eigenvalue weighted by molar-refractivity contribution is -0.158. The van der Waals surface area contributed by atoms with Crippen LogP contribution in [0, 0.1) is 6.92 Å². The second kappa shape index (κ2) is 52.0. The zero-order valence-corrected chi connectivity index (χ0v) is 63.0. The number of hydrogen-bond donors (Lipinski definition) is 1. The summed E-state index contributed by atoms with van der Waals surface area (Å²) >= 11 is 17.5. The van der Waals surface area contributed by atoms with Crippen LogP contribution in [-0.4, -0.2) is 50.6 Å². The van der Waals surface area contributed by atoms with E-state index in [9.17, 15) is 4.57 Å². The Morgan fingerprint density at radius 1 is 0.608 bits per heavy atom. The molecule has 0 spiro atoms. The average molecular weight is 1590 g/mol. The molecule has 39 heteroatoms. The summed E-state index contributed by atoms with van der Waals surface area (Å²) < 4.78 is 40.3. The number of nitrogens with one attached hydrogen (secondary N) is 1. The molecule has 4 aromatic carbocycles. The van der Waals surface area contributed by atoms with E-state index in [2.05, 4.69) is 53.8 Å². The van der Waals surface area contributed by atoms with Gasteiger partial charge in [0.15, 0.2) is 0 Å². The lowest BCUT2D eigenvalue weighted by Crippen LogP contribution is -2.28. The van der Waals surface area contributed by atoms with Crippen molar-refractivity contribution in [3.05, 3.63) is 114 Å². The van der Waals surface area contributed by atoms with Gasteiger partial charge in [0.1, 0.15) is 11.5 Å². The number of aryl methyl sites for hydroxylation is 1. The van der Waals surface area contributed by atoms with Gasteiger partial charge in [0.05, 0.1) is 19.5 Å². The molecule has 0 aliphatic carbocycles. The average Bonchev–Trinajstić information content (AvgIpc) is 3.79. The van der Waals surface area contributed by atoms with Crippen molar-refractivity contribution >= 4 is 290 Å². The second-order valence-corrected chi connectivity index (χ2v) is 60.2. The maximum absolute atomic E-state index is 13.5. The molecule has 0 saturated carbocycles. The topological polar surface area (TPSA) is 100 Å². The quantitative estimate of drug-likeness (QED) is 0.194. The lowest BCUT2D eigenvalue weighted by Gasteiger charge is -2.29. The molecule has 0 aromatic heterocycles. The number of ether oxygens (including phenoxy) is 2. The van der Waals surface area contributed by atoms with E-state index < -0.39 is 14.9 Å². The zero-order valence-electron chi connectivity index (χ0n) is 37.6. The van der Waals surface area contributed by atoms with E-state index >= 15 is 0 Å². The van der Waals surface area contributed by atoms with Crippen LogP contribution in [0.2, 0.25) is 0 Å². The van der Waals surface area contributed by atoms with Gasteiger partial charge in [0, 0.05) is 290 Å². The SMILES string of the molecule is C.COc1ccc2c(c1)CN(P(=O)(OC)c1ccccc1)CCS2.COc1ccc2c(c1)CNCCS2.Cc1ccccc1.O=[P+]([O-])Cl.S=S=S=S=S=S=S=S=S=S=S=S=S=S=S=S=S=S=S=S=S=S=S=S=S=S. The predicted octanol–water partition coefficient (Wildman–Crippen LogP) is 8.47. The molecule has 2 aliphatic rings. The van der Waals surface area contributed by atoms with E-state index in [1.54, 1.807) is 150 Å². The van der Waals surface area contributed by atoms with E-state index in [0.29, 0.717) is 13.1 Å². The summed E-state index contributed by atoms with van der Waals surface area (Å²) in [6, 6.07) is 32.0. The maximum atomic E-state index is 13.5. The highest BCUT2D eigenvalue weighted by molar-refractivity contribution is 8.79. The minimum Gasteiger partial charge on any atom is -0.579 e. The Morgan fingerprint density at radius 2 is 0.986 bits per heavy atom. The molecule has 2 atom stereocenters. The molecule has 2 heterocycles. The highest BCUT2D eigenvalue weighted by Crippen LogP contribution is 2.51. The van der Waals surface area contributed by atoms with Gasteiger partial charge in [-0.25, -0.2) is 4.67 Å². The first-order valence-electron chi connectivity index (χ1n) is 19.0. The number of halogens is 1. The van der Waals surface area contributed by atoms with E-state index in [1.807, 2.05) is 154 Å². The molecule has 0 amide bonds. The lowest BCUT2D eigenvalue weighted by atomic mass is 10.2. The van der Waals surface area contributed by atoms with Crippen LogP contribution in [0.15, 0.2) is 107 Å². The van der Waals surface area contributed by atoms with Gasteiger partial charge in [-0.3, -0.25) is 4.57 Å². The Morgan fingerprint density at radius 3 is 1.36 bits per heavy atom. The number of thioether (sulfide) groups is 2. The van der Waals surface area contributed by atoms with Gasteiger partial charge >= 0.3 is 14.9 Å². The van der Waals surface area contributed by atoms with Crippen molar-refractivity contribution in [1.29, 1.82) is 0 Å². The standard InChI is InChI=1S/C17H20NO3PS.C10H13NOS.C7H8.CH4.ClO2P.S26/c1-20-15-8-9-17-14(12-15)13-18(10-11-23-17)22(19,21-2)16-6-4-3-5-7-16;1-12-9-2-3-10-8(6-9)7-11-4-5-13-10;1-7-5-3-2-4-6-7;;1-4(2)3;1-3-5-7-9-11-13-15-17-19-21-23-25-26-24-22-20-18-16-14-12-10-8-6-4-2/h3-9,12H,10-11,13H2,1-2H3;2-3,6,11H,4-5,7H2,1H3;2-6H,1H3;1H4;;. The van der Waals surface area contributed by atoms with Crippen molar-refractivity contribution in [2.45, 2.75) is 37.2 Å². The van der Waals surface area contributed by atoms with Gasteiger partial charge in [-0.1, -0.05) is 66.1 Å². The van der Waals surface area contributed by atoms with E-state index in [0.717, 1.165) is 47.0 Å². The number of rotatable bonds is 5. The molecule has 0 bridgehead atoms. The smallest absolute Gasteiger partial charge is 0.430 e. The number of nitrogens with zero attached hydrogens (tertiary/aromatic N) is 1. The molecule has 2 aliphatic heterocycles. The third kappa shape index (κ3) is 37.5. The third-order valence-electron chi connectivity index (χ3n) is 7.63. The molecule has 74 heavy (non-hydrogen) atoms. The Balaban J connectivity index is 0.000000514. The highest BCUT2D eigenvalue weighted by Gasteiger charge is 2.34. The van der Waals surface area contributed by atoms with Crippen molar-refractivity contribution < 1.29 is 28.0 Å². The third-order valence-corrected chi connectivity index (χ3v) is 63.5. The summed E-state index contributed by atoms with van der Waals surface area (Å²) in [6.45, 7) is 5.42. The zero-order chi connectivity index (χ0) is 53.0.